The molecule has 1 aliphatic rings. The van der Waals surface area contributed by atoms with Gasteiger partial charge in [0, 0.05) is 28.9 Å². The van der Waals surface area contributed by atoms with E-state index < -0.39 is 24.3 Å². The van der Waals surface area contributed by atoms with Crippen LogP contribution in [0.5, 0.6) is 11.5 Å². The van der Waals surface area contributed by atoms with Crippen molar-refractivity contribution in [3.8, 4) is 22.8 Å². The highest BCUT2D eigenvalue weighted by Gasteiger charge is 2.43. The zero-order valence-electron chi connectivity index (χ0n) is 17.6. The highest BCUT2D eigenvalue weighted by Crippen LogP contribution is 2.42. The predicted octanol–water partition coefficient (Wildman–Crippen LogP) is 3.81. The molecule has 1 N–H and O–H groups in total. The number of hydrogen-bond acceptors (Lipinski definition) is 6. The Morgan fingerprint density at radius 1 is 1.21 bits per heavy atom. The van der Waals surface area contributed by atoms with Crippen molar-refractivity contribution < 1.29 is 23.0 Å². The molecule has 2 aromatic carbocycles. The topological polar surface area (TPSA) is 102 Å². The van der Waals surface area contributed by atoms with Crippen LogP contribution in [0.3, 0.4) is 0 Å². The highest BCUT2D eigenvalue weighted by atomic mass is 35.5. The number of rotatable bonds is 5. The predicted molar refractivity (Wildman–Crippen MR) is 119 cm³/mol. The quantitative estimate of drug-likeness (QED) is 0.459. The van der Waals surface area contributed by atoms with E-state index in [0.29, 0.717) is 27.5 Å². The van der Waals surface area contributed by atoms with Crippen LogP contribution >= 0.6 is 11.6 Å². The molecule has 0 unspecified atom stereocenters. The zero-order chi connectivity index (χ0) is 24.0. The van der Waals surface area contributed by atoms with Crippen molar-refractivity contribution >= 4 is 34.1 Å². The molecule has 0 spiro atoms. The fraction of sp³-hybridized carbons (Fsp3) is 0.182. The molecule has 3 heterocycles. The number of aromatic nitrogens is 4. The Morgan fingerprint density at radius 2 is 2.00 bits per heavy atom. The van der Waals surface area contributed by atoms with Crippen LogP contribution in [0.1, 0.15) is 6.92 Å². The molecule has 0 fully saturated rings. The van der Waals surface area contributed by atoms with Gasteiger partial charge in [-0.1, -0.05) is 23.7 Å². The molecule has 34 heavy (non-hydrogen) atoms. The van der Waals surface area contributed by atoms with E-state index in [-0.39, 0.29) is 23.4 Å². The van der Waals surface area contributed by atoms with E-state index in [2.05, 4.69) is 24.8 Å². The molecule has 0 bridgehead atoms. The Labute approximate surface area is 195 Å². The average molecular weight is 488 g/mol. The number of anilines is 1. The first-order chi connectivity index (χ1) is 16.3. The summed E-state index contributed by atoms with van der Waals surface area (Å²) in [5.41, 5.74) is 1.24. The second-order valence-electron chi connectivity index (χ2n) is 7.42. The van der Waals surface area contributed by atoms with Gasteiger partial charge in [-0.05, 0) is 31.2 Å². The second kappa shape index (κ2) is 8.10. The van der Waals surface area contributed by atoms with Crippen LogP contribution in [0.4, 0.5) is 14.5 Å². The van der Waals surface area contributed by atoms with E-state index in [1.165, 1.54) is 29.3 Å². The maximum Gasteiger partial charge on any atom is 0.586 e. The third-order valence-corrected chi connectivity index (χ3v) is 5.49. The lowest BCUT2D eigenvalue weighted by molar-refractivity contribution is -0.286. The summed E-state index contributed by atoms with van der Waals surface area (Å²) in [6, 6.07) is 10.9. The summed E-state index contributed by atoms with van der Waals surface area (Å²) < 4.78 is 36.6. The average Bonchev–Trinajstić information content (AvgIpc) is 3.39. The van der Waals surface area contributed by atoms with Crippen LogP contribution in [0.15, 0.2) is 53.5 Å². The molecule has 0 radical (unpaired) electrons. The minimum absolute atomic E-state index is 0.133. The van der Waals surface area contributed by atoms with Gasteiger partial charge >= 0.3 is 6.29 Å². The number of halogens is 3. The number of fused-ring (bicyclic) bond motifs is 2. The molecule has 12 heteroatoms. The van der Waals surface area contributed by atoms with Gasteiger partial charge in [-0.15, -0.1) is 8.78 Å². The summed E-state index contributed by atoms with van der Waals surface area (Å²) >= 11 is 6.11. The molecular formula is C22H16ClF2N5O4. The number of carbonyl (C=O) groups is 1. The Bertz CT molecular complexity index is 1490. The Kier molecular flexibility index (Phi) is 5.20. The Hall–Kier alpha value is -3.99. The van der Waals surface area contributed by atoms with E-state index in [4.69, 9.17) is 11.6 Å². The fourth-order valence-corrected chi connectivity index (χ4v) is 3.94. The van der Waals surface area contributed by atoms with Crippen LogP contribution in [0.25, 0.3) is 22.2 Å². The number of benzene rings is 2. The molecule has 5 rings (SSSR count). The van der Waals surface area contributed by atoms with Gasteiger partial charge in [-0.2, -0.15) is 10.2 Å². The minimum atomic E-state index is -3.77. The number of alkyl halides is 2. The fourth-order valence-electron chi connectivity index (χ4n) is 3.75. The maximum absolute atomic E-state index is 13.4. The first-order valence-electron chi connectivity index (χ1n) is 10.2. The van der Waals surface area contributed by atoms with Gasteiger partial charge in [0.25, 0.3) is 5.56 Å². The van der Waals surface area contributed by atoms with Crippen molar-refractivity contribution in [3.05, 3.63) is 64.0 Å². The molecule has 0 saturated heterocycles. The summed E-state index contributed by atoms with van der Waals surface area (Å²) in [6.45, 7) is 1.52. The van der Waals surface area contributed by atoms with Crippen LogP contribution in [-0.2, 0) is 11.3 Å². The zero-order valence-corrected chi connectivity index (χ0v) is 18.3. The van der Waals surface area contributed by atoms with Crippen LogP contribution in [0, 0.1) is 0 Å². The molecule has 1 amide bonds. The summed E-state index contributed by atoms with van der Waals surface area (Å²) in [6.07, 6.45) is -2.40. The molecule has 2 aromatic heterocycles. The van der Waals surface area contributed by atoms with Crippen molar-refractivity contribution in [3.63, 3.8) is 0 Å². The van der Waals surface area contributed by atoms with Crippen molar-refractivity contribution in [2.75, 3.05) is 11.4 Å². The van der Waals surface area contributed by atoms with Gasteiger partial charge in [0.2, 0.25) is 5.91 Å². The van der Waals surface area contributed by atoms with Gasteiger partial charge in [0.05, 0.1) is 17.1 Å². The van der Waals surface area contributed by atoms with Gasteiger partial charge in [-0.3, -0.25) is 14.7 Å². The van der Waals surface area contributed by atoms with Crippen molar-refractivity contribution in [1.82, 2.24) is 20.0 Å². The number of nitrogens with zero attached hydrogens (tertiary/aromatic N) is 4. The number of likely N-dealkylation sites (N-methyl/N-ethyl adjacent to an activating group) is 1. The van der Waals surface area contributed by atoms with Crippen LogP contribution in [-0.4, -0.2) is 38.7 Å². The number of nitrogens with one attached hydrogen (secondary N) is 1. The summed E-state index contributed by atoms with van der Waals surface area (Å²) in [7, 11) is 0. The minimum Gasteiger partial charge on any atom is -0.395 e. The van der Waals surface area contributed by atoms with E-state index >= 15 is 0 Å². The molecule has 1 aliphatic heterocycles. The maximum atomic E-state index is 13.4. The van der Waals surface area contributed by atoms with Crippen molar-refractivity contribution in [1.29, 1.82) is 0 Å². The van der Waals surface area contributed by atoms with Gasteiger partial charge in [-0.25, -0.2) is 4.68 Å². The summed E-state index contributed by atoms with van der Waals surface area (Å²) in [5, 5.41) is 11.8. The summed E-state index contributed by atoms with van der Waals surface area (Å²) in [4.78, 5) is 27.5. The molecule has 174 valence electrons. The Morgan fingerprint density at radius 3 is 2.76 bits per heavy atom. The Balaban J connectivity index is 1.50. The second-order valence-corrected chi connectivity index (χ2v) is 7.85. The number of hydrogen-bond donors (Lipinski definition) is 1. The standard InChI is InChI=1S/C22H16ClF2N5O4/c1-2-29(14-6-7-16-17(9-14)34-22(24,25)33-16)18(31)11-30-21(32)15-10-26-27-20(15)19(28-30)12-4-3-5-13(23)8-12/h3-10H,2,11H2,1H3,(H,26,27). The van der Waals surface area contributed by atoms with Crippen LogP contribution in [0.2, 0.25) is 5.02 Å². The van der Waals surface area contributed by atoms with E-state index in [0.717, 1.165) is 4.68 Å². The van der Waals surface area contributed by atoms with Crippen molar-refractivity contribution in [2.24, 2.45) is 0 Å². The number of aromatic amines is 1. The van der Waals surface area contributed by atoms with E-state index in [9.17, 15) is 18.4 Å². The highest BCUT2D eigenvalue weighted by molar-refractivity contribution is 6.30. The summed E-state index contributed by atoms with van der Waals surface area (Å²) in [5.74, 6) is -0.804. The lowest BCUT2D eigenvalue weighted by Gasteiger charge is -2.21. The number of ether oxygens (including phenoxy) is 2. The van der Waals surface area contributed by atoms with E-state index in [1.54, 1.807) is 31.2 Å². The van der Waals surface area contributed by atoms with Crippen LogP contribution < -0.4 is 19.9 Å². The largest absolute Gasteiger partial charge is 0.586 e. The third-order valence-electron chi connectivity index (χ3n) is 5.26. The van der Waals surface area contributed by atoms with Gasteiger partial charge in [0.1, 0.15) is 12.2 Å². The smallest absolute Gasteiger partial charge is 0.395 e. The SMILES string of the molecule is CCN(C(=O)Cn1nc(-c2cccc(Cl)c2)c2[nH]ncc2c1=O)c1ccc2c(c1)OC(F)(F)O2. The molecule has 0 saturated carbocycles. The molecular weight excluding hydrogens is 472 g/mol. The molecule has 0 aliphatic carbocycles. The molecule has 9 nitrogen and oxygen atoms in total. The number of amides is 1. The first kappa shape index (κ1) is 21.8. The van der Waals surface area contributed by atoms with Crippen molar-refractivity contribution in [2.45, 2.75) is 19.8 Å². The van der Waals surface area contributed by atoms with E-state index in [1.807, 2.05) is 0 Å². The molecule has 4 aromatic rings. The first-order valence-corrected chi connectivity index (χ1v) is 10.5. The number of carbonyl (C=O) groups excluding carboxylic acids is 1. The lowest BCUT2D eigenvalue weighted by atomic mass is 10.1. The normalized spacial score (nSPS) is 13.9. The lowest BCUT2D eigenvalue weighted by Crippen LogP contribution is -2.37. The molecule has 0 atom stereocenters. The number of H-pyrrole nitrogens is 1. The monoisotopic (exact) mass is 487 g/mol. The van der Waals surface area contributed by atoms with Gasteiger partial charge in [0.15, 0.2) is 11.5 Å². The van der Waals surface area contributed by atoms with Gasteiger partial charge < -0.3 is 14.4 Å². The third kappa shape index (κ3) is 3.83.